The Bertz CT molecular complexity index is 1420. The van der Waals surface area contributed by atoms with Crippen LogP contribution in [0.4, 0.5) is 10.1 Å². The van der Waals surface area contributed by atoms with E-state index in [0.717, 1.165) is 16.3 Å². The molecule has 0 aliphatic carbocycles. The quantitative estimate of drug-likeness (QED) is 0.210. The highest BCUT2D eigenvalue weighted by Gasteiger charge is 2.15. The van der Waals surface area contributed by atoms with Crippen LogP contribution in [-0.4, -0.2) is 18.0 Å². The van der Waals surface area contributed by atoms with Crippen molar-refractivity contribution in [3.8, 4) is 5.75 Å². The summed E-state index contributed by atoms with van der Waals surface area (Å²) in [6.07, 6.45) is 1.43. The number of halogens is 2. The van der Waals surface area contributed by atoms with Gasteiger partial charge >= 0.3 is 11.8 Å². The van der Waals surface area contributed by atoms with Crippen LogP contribution in [0, 0.1) is 12.7 Å². The van der Waals surface area contributed by atoms with Crippen molar-refractivity contribution in [1.82, 2.24) is 5.43 Å². The summed E-state index contributed by atoms with van der Waals surface area (Å²) in [5.41, 5.74) is 4.75. The number of ether oxygens (including phenoxy) is 1. The van der Waals surface area contributed by atoms with E-state index in [-0.39, 0.29) is 12.4 Å². The molecule has 35 heavy (non-hydrogen) atoms. The first-order valence-corrected chi connectivity index (χ1v) is 11.1. The van der Waals surface area contributed by atoms with Crippen molar-refractivity contribution < 1.29 is 18.7 Å². The third-order valence-electron chi connectivity index (χ3n) is 5.32. The van der Waals surface area contributed by atoms with Gasteiger partial charge in [-0.1, -0.05) is 60.1 Å². The van der Waals surface area contributed by atoms with Crippen LogP contribution in [0.25, 0.3) is 10.8 Å². The molecular weight excluding hydrogens is 469 g/mol. The van der Waals surface area contributed by atoms with Crippen LogP contribution in [0.3, 0.4) is 0 Å². The lowest BCUT2D eigenvalue weighted by Gasteiger charge is -2.12. The topological polar surface area (TPSA) is 79.8 Å². The molecule has 0 saturated heterocycles. The lowest BCUT2D eigenvalue weighted by molar-refractivity contribution is -0.136. The first-order valence-electron chi connectivity index (χ1n) is 10.7. The summed E-state index contributed by atoms with van der Waals surface area (Å²) in [6.45, 7) is 1.95. The first-order chi connectivity index (χ1) is 16.9. The molecule has 0 heterocycles. The Morgan fingerprint density at radius 1 is 0.971 bits per heavy atom. The number of benzene rings is 4. The maximum atomic E-state index is 13.2. The minimum absolute atomic E-state index is 0.215. The van der Waals surface area contributed by atoms with Gasteiger partial charge in [-0.05, 0) is 59.2 Å². The standard InChI is InChI=1S/C27H21ClFN3O3/c1-17-23(28)7-4-8-24(17)31-26(33)27(34)32-30-15-22-21-6-3-2-5-19(21)11-14-25(22)35-16-18-9-12-20(29)13-10-18/h2-15H,16H2,1H3,(H,31,33)(H,32,34). The molecule has 4 rings (SSSR count). The molecule has 0 spiro atoms. The molecule has 0 saturated carbocycles. The number of carbonyl (C=O) groups is 2. The van der Waals surface area contributed by atoms with E-state index >= 15 is 0 Å². The molecule has 0 aliphatic heterocycles. The Kier molecular flexibility index (Phi) is 7.38. The molecule has 8 heteroatoms. The molecule has 176 valence electrons. The summed E-state index contributed by atoms with van der Waals surface area (Å²) in [5, 5.41) is 8.78. The van der Waals surface area contributed by atoms with Gasteiger partial charge < -0.3 is 10.1 Å². The van der Waals surface area contributed by atoms with E-state index in [9.17, 15) is 14.0 Å². The number of hydrazone groups is 1. The van der Waals surface area contributed by atoms with Crippen LogP contribution in [0.15, 0.2) is 84.0 Å². The first kappa shape index (κ1) is 23.9. The maximum Gasteiger partial charge on any atom is 0.329 e. The van der Waals surface area contributed by atoms with Gasteiger partial charge in [-0.2, -0.15) is 5.10 Å². The van der Waals surface area contributed by atoms with Gasteiger partial charge in [-0.15, -0.1) is 0 Å². The SMILES string of the molecule is Cc1c(Cl)cccc1NC(=O)C(=O)NN=Cc1c(OCc2ccc(F)cc2)ccc2ccccc12. The zero-order valence-corrected chi connectivity index (χ0v) is 19.5. The molecule has 0 aliphatic rings. The zero-order valence-electron chi connectivity index (χ0n) is 18.7. The van der Waals surface area contributed by atoms with Crippen LogP contribution in [0.5, 0.6) is 5.75 Å². The van der Waals surface area contributed by atoms with E-state index in [1.807, 2.05) is 30.3 Å². The van der Waals surface area contributed by atoms with Gasteiger partial charge in [-0.3, -0.25) is 9.59 Å². The molecule has 0 atom stereocenters. The number of carbonyl (C=O) groups excluding carboxylic acids is 2. The molecule has 0 aromatic heterocycles. The van der Waals surface area contributed by atoms with Gasteiger partial charge in [0.15, 0.2) is 0 Å². The van der Waals surface area contributed by atoms with Crippen molar-refractivity contribution in [2.75, 3.05) is 5.32 Å². The molecule has 6 nitrogen and oxygen atoms in total. The van der Waals surface area contributed by atoms with Gasteiger partial charge in [0.25, 0.3) is 0 Å². The number of amides is 2. The van der Waals surface area contributed by atoms with Crippen molar-refractivity contribution in [2.24, 2.45) is 5.10 Å². The minimum atomic E-state index is -0.936. The van der Waals surface area contributed by atoms with Gasteiger partial charge in [0.05, 0.1) is 6.21 Å². The summed E-state index contributed by atoms with van der Waals surface area (Å²) in [5.74, 6) is -1.62. The van der Waals surface area contributed by atoms with Crippen molar-refractivity contribution >= 4 is 46.1 Å². The van der Waals surface area contributed by atoms with Crippen molar-refractivity contribution in [2.45, 2.75) is 13.5 Å². The van der Waals surface area contributed by atoms with Gasteiger partial charge in [0.1, 0.15) is 18.2 Å². The average molecular weight is 490 g/mol. The Hall–Kier alpha value is -4.23. The molecule has 0 unspecified atom stereocenters. The van der Waals surface area contributed by atoms with Gasteiger partial charge in [0.2, 0.25) is 0 Å². The average Bonchev–Trinajstić information content (AvgIpc) is 2.87. The van der Waals surface area contributed by atoms with Crippen molar-refractivity contribution in [3.63, 3.8) is 0 Å². The maximum absolute atomic E-state index is 13.2. The molecule has 0 bridgehead atoms. The summed E-state index contributed by atoms with van der Waals surface area (Å²) in [7, 11) is 0. The second kappa shape index (κ2) is 10.8. The number of hydrogen-bond donors (Lipinski definition) is 2. The molecule has 4 aromatic carbocycles. The van der Waals surface area contributed by atoms with Crippen molar-refractivity contribution in [1.29, 1.82) is 0 Å². The number of nitrogens with one attached hydrogen (secondary N) is 2. The fourth-order valence-electron chi connectivity index (χ4n) is 3.40. The third-order valence-corrected chi connectivity index (χ3v) is 5.73. The van der Waals surface area contributed by atoms with Gasteiger partial charge in [0, 0.05) is 16.3 Å². The number of fused-ring (bicyclic) bond motifs is 1. The fourth-order valence-corrected chi connectivity index (χ4v) is 3.58. The fraction of sp³-hybridized carbons (Fsp3) is 0.0741. The summed E-state index contributed by atoms with van der Waals surface area (Å²) < 4.78 is 19.1. The number of hydrogen-bond acceptors (Lipinski definition) is 4. The molecule has 2 N–H and O–H groups in total. The predicted octanol–water partition coefficient (Wildman–Crippen LogP) is 5.61. The van der Waals surface area contributed by atoms with E-state index in [1.165, 1.54) is 18.3 Å². The summed E-state index contributed by atoms with van der Waals surface area (Å²) >= 11 is 6.06. The highest BCUT2D eigenvalue weighted by atomic mass is 35.5. The second-order valence-corrected chi connectivity index (χ2v) is 8.09. The molecule has 0 fully saturated rings. The lowest BCUT2D eigenvalue weighted by atomic mass is 10.0. The normalized spacial score (nSPS) is 10.9. The van der Waals surface area contributed by atoms with Crippen LogP contribution >= 0.6 is 11.6 Å². The largest absolute Gasteiger partial charge is 0.488 e. The van der Waals surface area contributed by atoms with E-state index in [1.54, 1.807) is 43.3 Å². The number of rotatable bonds is 6. The molecule has 0 radical (unpaired) electrons. The number of nitrogens with zero attached hydrogens (tertiary/aromatic N) is 1. The smallest absolute Gasteiger partial charge is 0.329 e. The van der Waals surface area contributed by atoms with E-state index < -0.39 is 11.8 Å². The zero-order chi connectivity index (χ0) is 24.8. The van der Waals surface area contributed by atoms with E-state index in [0.29, 0.717) is 27.6 Å². The van der Waals surface area contributed by atoms with Gasteiger partial charge in [-0.25, -0.2) is 9.82 Å². The Morgan fingerprint density at radius 3 is 2.54 bits per heavy atom. The highest BCUT2D eigenvalue weighted by Crippen LogP contribution is 2.27. The molecule has 2 amide bonds. The Labute approximate surface area is 206 Å². The monoisotopic (exact) mass is 489 g/mol. The Morgan fingerprint density at radius 2 is 1.74 bits per heavy atom. The predicted molar refractivity (Wildman–Crippen MR) is 135 cm³/mol. The molecular formula is C27H21ClFN3O3. The highest BCUT2D eigenvalue weighted by molar-refractivity contribution is 6.40. The lowest BCUT2D eigenvalue weighted by Crippen LogP contribution is -2.32. The minimum Gasteiger partial charge on any atom is -0.488 e. The third kappa shape index (κ3) is 5.83. The van der Waals surface area contributed by atoms with E-state index in [2.05, 4.69) is 15.8 Å². The van der Waals surface area contributed by atoms with Crippen molar-refractivity contribution in [3.05, 3.63) is 106 Å². The van der Waals surface area contributed by atoms with E-state index in [4.69, 9.17) is 16.3 Å². The van der Waals surface area contributed by atoms with Crippen LogP contribution < -0.4 is 15.5 Å². The number of anilines is 1. The Balaban J connectivity index is 1.50. The molecule has 4 aromatic rings. The second-order valence-electron chi connectivity index (χ2n) is 7.68. The van der Waals surface area contributed by atoms with Crippen LogP contribution in [-0.2, 0) is 16.2 Å². The van der Waals surface area contributed by atoms with Crippen LogP contribution in [0.1, 0.15) is 16.7 Å². The summed E-state index contributed by atoms with van der Waals surface area (Å²) in [6, 6.07) is 22.4. The van der Waals surface area contributed by atoms with Crippen LogP contribution in [0.2, 0.25) is 5.02 Å². The summed E-state index contributed by atoms with van der Waals surface area (Å²) in [4.78, 5) is 24.6.